The van der Waals surface area contributed by atoms with E-state index in [0.29, 0.717) is 23.4 Å². The Morgan fingerprint density at radius 3 is 2.45 bits per heavy atom. The first-order chi connectivity index (χ1) is 18.5. The van der Waals surface area contributed by atoms with E-state index >= 15 is 4.39 Å². The normalized spacial score (nSPS) is 22.6. The quantitative estimate of drug-likeness (QED) is 0.610. The van der Waals surface area contributed by atoms with Crippen LogP contribution in [0.1, 0.15) is 56.9 Å². The lowest BCUT2D eigenvalue weighted by molar-refractivity contribution is -0.128. The van der Waals surface area contributed by atoms with E-state index in [2.05, 4.69) is 30.3 Å². The molecule has 1 aromatic carbocycles. The van der Waals surface area contributed by atoms with Gasteiger partial charge in [-0.3, -0.25) is 4.79 Å². The van der Waals surface area contributed by atoms with E-state index in [1.165, 1.54) is 32.4 Å². The monoisotopic (exact) mass is 521 g/mol. The second kappa shape index (κ2) is 10.7. The lowest BCUT2D eigenvalue weighted by atomic mass is 9.77. The molecule has 4 fully saturated rings. The highest BCUT2D eigenvalue weighted by Gasteiger charge is 2.44. The van der Waals surface area contributed by atoms with Crippen LogP contribution in [-0.2, 0) is 4.79 Å². The first kappa shape index (κ1) is 25.3. The molecule has 4 saturated heterocycles. The number of anilines is 4. The zero-order valence-corrected chi connectivity index (χ0v) is 22.5. The van der Waals surface area contributed by atoms with E-state index in [9.17, 15) is 4.79 Å². The Kier molecular flexibility index (Phi) is 7.12. The largest absolute Gasteiger partial charge is 0.369 e. The number of benzene rings is 1. The van der Waals surface area contributed by atoms with E-state index in [-0.39, 0.29) is 17.1 Å². The van der Waals surface area contributed by atoms with Gasteiger partial charge in [0, 0.05) is 56.2 Å². The number of piperidine rings is 3. The van der Waals surface area contributed by atoms with E-state index < -0.39 is 0 Å². The summed E-state index contributed by atoms with van der Waals surface area (Å²) in [6.45, 7) is 8.61. The Hall–Kier alpha value is -2.94. The van der Waals surface area contributed by atoms with Gasteiger partial charge in [-0.1, -0.05) is 6.42 Å². The second-order valence-electron chi connectivity index (χ2n) is 11.6. The van der Waals surface area contributed by atoms with Crippen LogP contribution in [0.4, 0.5) is 27.5 Å². The van der Waals surface area contributed by atoms with Gasteiger partial charge in [0.05, 0.1) is 11.1 Å². The summed E-state index contributed by atoms with van der Waals surface area (Å²) in [7, 11) is 0. The number of halogens is 1. The highest BCUT2D eigenvalue weighted by Crippen LogP contribution is 2.39. The minimum atomic E-state index is -0.213. The van der Waals surface area contributed by atoms with Crippen molar-refractivity contribution in [1.29, 1.82) is 0 Å². The first-order valence-corrected chi connectivity index (χ1v) is 14.4. The number of hydrogen-bond donors (Lipinski definition) is 2. The zero-order chi connectivity index (χ0) is 26.1. The highest BCUT2D eigenvalue weighted by molar-refractivity contribution is 5.85. The number of aryl methyl sites for hydroxylation is 1. The Labute approximate surface area is 225 Å². The van der Waals surface area contributed by atoms with Crippen molar-refractivity contribution in [3.05, 3.63) is 35.8 Å². The molecule has 4 aliphatic rings. The summed E-state index contributed by atoms with van der Waals surface area (Å²) >= 11 is 0. The Morgan fingerprint density at radius 2 is 1.76 bits per heavy atom. The Balaban J connectivity index is 1.08. The fourth-order valence-corrected chi connectivity index (χ4v) is 6.88. The third-order valence-corrected chi connectivity index (χ3v) is 9.25. The van der Waals surface area contributed by atoms with Crippen molar-refractivity contribution < 1.29 is 9.18 Å². The summed E-state index contributed by atoms with van der Waals surface area (Å²) in [5, 5.41) is 6.21. The molecule has 6 rings (SSSR count). The maximum Gasteiger partial charge on any atom is 0.229 e. The second-order valence-corrected chi connectivity index (χ2v) is 11.6. The van der Waals surface area contributed by atoms with Crippen LogP contribution in [0.5, 0.6) is 0 Å². The van der Waals surface area contributed by atoms with Crippen molar-refractivity contribution in [2.24, 2.45) is 5.41 Å². The van der Waals surface area contributed by atoms with Gasteiger partial charge in [-0.2, -0.15) is 4.98 Å². The number of aromatic nitrogens is 2. The van der Waals surface area contributed by atoms with E-state index in [1.54, 1.807) is 6.07 Å². The van der Waals surface area contributed by atoms with Gasteiger partial charge in [0.15, 0.2) is 0 Å². The van der Waals surface area contributed by atoms with Crippen molar-refractivity contribution in [2.45, 2.75) is 64.3 Å². The third kappa shape index (κ3) is 5.05. The minimum Gasteiger partial charge on any atom is -0.369 e. The van der Waals surface area contributed by atoms with Crippen LogP contribution in [0, 0.1) is 18.2 Å². The number of carbonyl (C=O) groups excluding carboxylic acids is 1. The standard InChI is InChI=1S/C29H40FN7O/c1-21-20-32-28(34-26(21)37-17-10-29(11-18-37)9-12-31-27(29)38)33-22-5-6-25(24(30)19-22)36-15-7-23(8-16-36)35-13-3-2-4-14-35/h5-6,19-20,23H,2-4,7-18H2,1H3,(H,31,38)(H,32,33,34). The Bertz CT molecular complexity index is 1150. The van der Waals surface area contributed by atoms with Crippen molar-refractivity contribution in [1.82, 2.24) is 20.2 Å². The number of hydrogen-bond acceptors (Lipinski definition) is 7. The molecule has 8 nitrogen and oxygen atoms in total. The molecule has 1 aromatic heterocycles. The number of likely N-dealkylation sites (tertiary alicyclic amines) is 1. The summed E-state index contributed by atoms with van der Waals surface area (Å²) in [6.07, 6.45) is 10.6. The summed E-state index contributed by atoms with van der Waals surface area (Å²) < 4.78 is 15.2. The fourth-order valence-electron chi connectivity index (χ4n) is 6.88. The van der Waals surface area contributed by atoms with Crippen molar-refractivity contribution in [2.75, 3.05) is 60.9 Å². The van der Waals surface area contributed by atoms with Crippen LogP contribution in [-0.4, -0.2) is 72.6 Å². The molecule has 2 N–H and O–H groups in total. The van der Waals surface area contributed by atoms with E-state index in [1.807, 2.05) is 25.3 Å². The molecule has 204 valence electrons. The molecule has 1 amide bonds. The topological polar surface area (TPSA) is 76.6 Å². The summed E-state index contributed by atoms with van der Waals surface area (Å²) in [6, 6.07) is 5.99. The Morgan fingerprint density at radius 1 is 1.00 bits per heavy atom. The van der Waals surface area contributed by atoms with E-state index in [4.69, 9.17) is 4.98 Å². The van der Waals surface area contributed by atoms with Gasteiger partial charge in [-0.05, 0) is 83.2 Å². The molecule has 38 heavy (non-hydrogen) atoms. The fraction of sp³-hybridized carbons (Fsp3) is 0.621. The summed E-state index contributed by atoms with van der Waals surface area (Å²) in [4.78, 5) is 28.7. The molecule has 0 unspecified atom stereocenters. The maximum atomic E-state index is 15.2. The smallest absolute Gasteiger partial charge is 0.229 e. The number of carbonyl (C=O) groups is 1. The molecule has 0 atom stereocenters. The number of amides is 1. The first-order valence-electron chi connectivity index (χ1n) is 14.4. The molecule has 5 heterocycles. The average Bonchev–Trinajstić information content (AvgIpc) is 3.30. The molecule has 1 spiro atoms. The number of nitrogens with one attached hydrogen (secondary N) is 2. The van der Waals surface area contributed by atoms with Crippen molar-refractivity contribution in [3.63, 3.8) is 0 Å². The third-order valence-electron chi connectivity index (χ3n) is 9.25. The molecular weight excluding hydrogens is 481 g/mol. The van der Waals surface area contributed by atoms with Crippen molar-refractivity contribution in [3.8, 4) is 0 Å². The van der Waals surface area contributed by atoms with Crippen LogP contribution in [0.2, 0.25) is 0 Å². The lowest BCUT2D eigenvalue weighted by Gasteiger charge is -2.41. The maximum absolute atomic E-state index is 15.2. The van der Waals surface area contributed by atoms with Gasteiger partial charge >= 0.3 is 0 Å². The summed E-state index contributed by atoms with van der Waals surface area (Å²) in [5.41, 5.74) is 2.11. The minimum absolute atomic E-state index is 0.204. The molecule has 2 aromatic rings. The molecule has 0 aliphatic carbocycles. The molecule has 0 bridgehead atoms. The molecule has 9 heteroatoms. The average molecular weight is 522 g/mol. The zero-order valence-electron chi connectivity index (χ0n) is 22.5. The SMILES string of the molecule is Cc1cnc(Nc2ccc(N3CCC(N4CCCCC4)CC3)c(F)c2)nc1N1CCC2(CCNC2=O)CC1. The van der Waals surface area contributed by atoms with Gasteiger partial charge in [-0.25, -0.2) is 9.37 Å². The van der Waals surface area contributed by atoms with Gasteiger partial charge < -0.3 is 25.3 Å². The van der Waals surface area contributed by atoms with Crippen LogP contribution in [0.15, 0.2) is 24.4 Å². The number of rotatable bonds is 5. The van der Waals surface area contributed by atoms with Crippen LogP contribution >= 0.6 is 0 Å². The van der Waals surface area contributed by atoms with Crippen molar-refractivity contribution >= 4 is 29.0 Å². The van der Waals surface area contributed by atoms with Gasteiger partial charge in [0.2, 0.25) is 11.9 Å². The van der Waals surface area contributed by atoms with E-state index in [0.717, 1.165) is 76.2 Å². The molecular formula is C29H40FN7O. The lowest BCUT2D eigenvalue weighted by Crippen LogP contribution is -2.46. The predicted octanol–water partition coefficient (Wildman–Crippen LogP) is 4.23. The van der Waals surface area contributed by atoms with Gasteiger partial charge in [0.1, 0.15) is 11.6 Å². The van der Waals surface area contributed by atoms with Crippen LogP contribution in [0.25, 0.3) is 0 Å². The predicted molar refractivity (Wildman–Crippen MR) is 149 cm³/mol. The number of nitrogens with zero attached hydrogens (tertiary/aromatic N) is 5. The highest BCUT2D eigenvalue weighted by atomic mass is 19.1. The van der Waals surface area contributed by atoms with Gasteiger partial charge in [0.25, 0.3) is 0 Å². The van der Waals surface area contributed by atoms with Crippen LogP contribution < -0.4 is 20.4 Å². The van der Waals surface area contributed by atoms with Gasteiger partial charge in [-0.15, -0.1) is 0 Å². The summed E-state index contributed by atoms with van der Waals surface area (Å²) in [5.74, 6) is 1.33. The van der Waals surface area contributed by atoms with Crippen LogP contribution in [0.3, 0.4) is 0 Å². The molecule has 0 radical (unpaired) electrons. The molecule has 4 aliphatic heterocycles. The molecule has 0 saturated carbocycles.